The van der Waals surface area contributed by atoms with Crippen LogP contribution in [0.1, 0.15) is 29.8 Å². The van der Waals surface area contributed by atoms with Crippen LogP contribution in [0.2, 0.25) is 0 Å². The molecule has 0 atom stereocenters. The van der Waals surface area contributed by atoms with Crippen LogP contribution < -0.4 is 0 Å². The summed E-state index contributed by atoms with van der Waals surface area (Å²) in [5, 5.41) is 18.1. The Morgan fingerprint density at radius 3 is 2.73 bits per heavy atom. The lowest BCUT2D eigenvalue weighted by Crippen LogP contribution is -2.21. The van der Waals surface area contributed by atoms with E-state index in [1.807, 2.05) is 13.8 Å². The molecule has 0 radical (unpaired) electrons. The summed E-state index contributed by atoms with van der Waals surface area (Å²) in [6.07, 6.45) is 3.42. The first-order valence-corrected chi connectivity index (χ1v) is 4.73. The molecule has 0 saturated carbocycles. The molecule has 0 spiro atoms. The number of carbonyl (C=O) groups is 1. The van der Waals surface area contributed by atoms with Crippen LogP contribution in [-0.2, 0) is 6.42 Å². The van der Waals surface area contributed by atoms with Crippen molar-refractivity contribution in [1.82, 2.24) is 4.98 Å². The Morgan fingerprint density at radius 2 is 2.20 bits per heavy atom. The monoisotopic (exact) mass is 209 g/mol. The predicted octanol–water partition coefficient (Wildman–Crippen LogP) is 1.34. The van der Waals surface area contributed by atoms with E-state index >= 15 is 0 Å². The van der Waals surface area contributed by atoms with E-state index in [2.05, 4.69) is 4.98 Å². The molecule has 82 valence electrons. The third kappa shape index (κ3) is 3.02. The van der Waals surface area contributed by atoms with Crippen LogP contribution in [0.25, 0.3) is 0 Å². The molecular weight excluding hydrogens is 194 g/mol. The topological polar surface area (TPSA) is 70.4 Å². The van der Waals surface area contributed by atoms with E-state index in [0.29, 0.717) is 12.0 Å². The number of hydrogen-bond donors (Lipinski definition) is 2. The van der Waals surface area contributed by atoms with Crippen molar-refractivity contribution < 1.29 is 15.0 Å². The van der Waals surface area contributed by atoms with Crippen LogP contribution in [0.3, 0.4) is 0 Å². The Labute approximate surface area is 88.6 Å². The van der Waals surface area contributed by atoms with Crippen molar-refractivity contribution in [2.24, 2.45) is 5.41 Å². The van der Waals surface area contributed by atoms with Gasteiger partial charge < -0.3 is 10.2 Å². The molecule has 4 heteroatoms. The highest BCUT2D eigenvalue weighted by Crippen LogP contribution is 2.22. The van der Waals surface area contributed by atoms with Gasteiger partial charge in [0.15, 0.2) is 0 Å². The smallest absolute Gasteiger partial charge is 0.337 e. The Hall–Kier alpha value is -1.42. The lowest BCUT2D eigenvalue weighted by Gasteiger charge is -2.22. The molecule has 4 nitrogen and oxygen atoms in total. The summed E-state index contributed by atoms with van der Waals surface area (Å²) in [6, 6.07) is 1.68. The van der Waals surface area contributed by atoms with Crippen LogP contribution in [-0.4, -0.2) is 27.8 Å². The van der Waals surface area contributed by atoms with Gasteiger partial charge in [-0.05, 0) is 23.5 Å². The summed E-state index contributed by atoms with van der Waals surface area (Å²) in [4.78, 5) is 14.7. The van der Waals surface area contributed by atoms with Crippen molar-refractivity contribution in [2.45, 2.75) is 20.3 Å². The standard InChI is InChI=1S/C11H15NO3/c1-11(2,7-13)5-8-3-4-12-6-9(8)10(14)15/h3-4,6,13H,5,7H2,1-2H3,(H,14,15). The van der Waals surface area contributed by atoms with E-state index in [1.165, 1.54) is 6.20 Å². The first kappa shape index (κ1) is 11.7. The van der Waals surface area contributed by atoms with Crippen LogP contribution in [0.5, 0.6) is 0 Å². The van der Waals surface area contributed by atoms with Gasteiger partial charge in [0.1, 0.15) is 0 Å². The van der Waals surface area contributed by atoms with Crippen LogP contribution >= 0.6 is 0 Å². The average molecular weight is 209 g/mol. The second-order valence-corrected chi connectivity index (χ2v) is 4.34. The molecule has 0 aliphatic rings. The molecule has 1 aromatic heterocycles. The molecule has 0 amide bonds. The van der Waals surface area contributed by atoms with Gasteiger partial charge in [0.05, 0.1) is 5.56 Å². The number of carboxylic acids is 1. The number of hydrogen-bond acceptors (Lipinski definition) is 3. The Balaban J connectivity index is 2.99. The Bertz CT molecular complexity index is 361. The maximum atomic E-state index is 10.9. The molecule has 0 fully saturated rings. The van der Waals surface area contributed by atoms with Gasteiger partial charge in [-0.1, -0.05) is 13.8 Å². The van der Waals surface area contributed by atoms with Gasteiger partial charge in [-0.15, -0.1) is 0 Å². The van der Waals surface area contributed by atoms with Gasteiger partial charge in [-0.2, -0.15) is 0 Å². The Morgan fingerprint density at radius 1 is 1.53 bits per heavy atom. The van der Waals surface area contributed by atoms with Gasteiger partial charge in [0.2, 0.25) is 0 Å². The van der Waals surface area contributed by atoms with E-state index in [0.717, 1.165) is 0 Å². The third-order valence-electron chi connectivity index (χ3n) is 2.24. The Kier molecular flexibility index (Phi) is 3.42. The van der Waals surface area contributed by atoms with Crippen LogP contribution in [0, 0.1) is 5.41 Å². The zero-order valence-corrected chi connectivity index (χ0v) is 8.90. The maximum Gasteiger partial charge on any atom is 0.337 e. The van der Waals surface area contributed by atoms with Gasteiger partial charge in [-0.3, -0.25) is 4.98 Å². The minimum absolute atomic E-state index is 0.0222. The highest BCUT2D eigenvalue weighted by atomic mass is 16.4. The summed E-state index contributed by atoms with van der Waals surface area (Å²) in [5.74, 6) is -0.980. The first-order chi connectivity index (χ1) is 6.96. The van der Waals surface area contributed by atoms with Crippen molar-refractivity contribution >= 4 is 5.97 Å². The summed E-state index contributed by atoms with van der Waals surface area (Å²) in [7, 11) is 0. The molecule has 0 aliphatic carbocycles. The van der Waals surface area contributed by atoms with Gasteiger partial charge in [0, 0.05) is 19.0 Å². The number of rotatable bonds is 4. The minimum Gasteiger partial charge on any atom is -0.478 e. The fourth-order valence-corrected chi connectivity index (χ4v) is 1.34. The summed E-state index contributed by atoms with van der Waals surface area (Å²) < 4.78 is 0. The molecule has 2 N–H and O–H groups in total. The fourth-order valence-electron chi connectivity index (χ4n) is 1.34. The van der Waals surface area contributed by atoms with Gasteiger partial charge >= 0.3 is 5.97 Å². The summed E-state index contributed by atoms with van der Waals surface area (Å²) in [6.45, 7) is 3.80. The molecule has 1 rings (SSSR count). The SMILES string of the molecule is CC(C)(CO)Cc1ccncc1C(=O)O. The fraction of sp³-hybridized carbons (Fsp3) is 0.455. The van der Waals surface area contributed by atoms with Crippen molar-refractivity contribution in [2.75, 3.05) is 6.61 Å². The van der Waals surface area contributed by atoms with Crippen LogP contribution in [0.15, 0.2) is 18.5 Å². The third-order valence-corrected chi connectivity index (χ3v) is 2.24. The molecule has 1 heterocycles. The minimum atomic E-state index is -0.980. The van der Waals surface area contributed by atoms with E-state index in [1.54, 1.807) is 12.3 Å². The molecule has 0 aromatic carbocycles. The highest BCUT2D eigenvalue weighted by molar-refractivity contribution is 5.88. The highest BCUT2D eigenvalue weighted by Gasteiger charge is 2.20. The van der Waals surface area contributed by atoms with E-state index < -0.39 is 5.97 Å². The van der Waals surface area contributed by atoms with Gasteiger partial charge in [-0.25, -0.2) is 4.79 Å². The lowest BCUT2D eigenvalue weighted by molar-refractivity contribution is 0.0693. The number of aliphatic hydroxyl groups is 1. The number of aliphatic hydroxyl groups excluding tert-OH is 1. The molecule has 0 unspecified atom stereocenters. The van der Waals surface area contributed by atoms with E-state index in [-0.39, 0.29) is 17.6 Å². The molecule has 0 aliphatic heterocycles. The zero-order chi connectivity index (χ0) is 11.5. The number of aromatic carboxylic acids is 1. The number of carboxylic acid groups (broad SMARTS) is 1. The largest absolute Gasteiger partial charge is 0.478 e. The normalized spacial score (nSPS) is 11.4. The quantitative estimate of drug-likeness (QED) is 0.785. The molecule has 1 aromatic rings. The second-order valence-electron chi connectivity index (χ2n) is 4.34. The van der Waals surface area contributed by atoms with Crippen molar-refractivity contribution in [1.29, 1.82) is 0 Å². The number of pyridine rings is 1. The van der Waals surface area contributed by atoms with Crippen molar-refractivity contribution in [3.8, 4) is 0 Å². The first-order valence-electron chi connectivity index (χ1n) is 4.73. The number of nitrogens with zero attached hydrogens (tertiary/aromatic N) is 1. The lowest BCUT2D eigenvalue weighted by atomic mass is 9.85. The van der Waals surface area contributed by atoms with Gasteiger partial charge in [0.25, 0.3) is 0 Å². The number of aromatic nitrogens is 1. The predicted molar refractivity (Wildman–Crippen MR) is 55.8 cm³/mol. The maximum absolute atomic E-state index is 10.9. The molecule has 15 heavy (non-hydrogen) atoms. The van der Waals surface area contributed by atoms with Crippen LogP contribution in [0.4, 0.5) is 0 Å². The average Bonchev–Trinajstić information content (AvgIpc) is 2.18. The summed E-state index contributed by atoms with van der Waals surface area (Å²) >= 11 is 0. The van der Waals surface area contributed by atoms with Crippen molar-refractivity contribution in [3.63, 3.8) is 0 Å². The second kappa shape index (κ2) is 4.40. The zero-order valence-electron chi connectivity index (χ0n) is 8.90. The van der Waals surface area contributed by atoms with Crippen molar-refractivity contribution in [3.05, 3.63) is 29.6 Å². The summed E-state index contributed by atoms with van der Waals surface area (Å²) in [5.41, 5.74) is 0.599. The molecule has 0 bridgehead atoms. The molecule has 0 saturated heterocycles. The van der Waals surface area contributed by atoms with E-state index in [4.69, 9.17) is 10.2 Å². The molecular formula is C11H15NO3. The van der Waals surface area contributed by atoms with E-state index in [9.17, 15) is 4.79 Å².